The van der Waals surface area contributed by atoms with Crippen LogP contribution in [0.15, 0.2) is 67.0 Å². The van der Waals surface area contributed by atoms with Crippen molar-refractivity contribution in [2.75, 3.05) is 11.9 Å². The predicted molar refractivity (Wildman–Crippen MR) is 97.9 cm³/mol. The fraction of sp³-hybridized carbons (Fsp3) is 0.143. The zero-order valence-corrected chi connectivity index (χ0v) is 14.2. The normalized spacial score (nSPS) is 10.5. The van der Waals surface area contributed by atoms with Gasteiger partial charge in [-0.25, -0.2) is 4.39 Å². The highest BCUT2D eigenvalue weighted by Gasteiger charge is 2.10. The second-order valence-electron chi connectivity index (χ2n) is 6.06. The SMILES string of the molecule is Cc1cccc(C(=O)Cc2cccc(N(C)c3cncc(F)c3)c2)c1. The molecule has 0 unspecified atom stereocenters. The average Bonchev–Trinajstić information content (AvgIpc) is 2.61. The van der Waals surface area contributed by atoms with E-state index in [0.29, 0.717) is 17.7 Å². The van der Waals surface area contributed by atoms with Crippen LogP contribution in [-0.4, -0.2) is 17.8 Å². The number of aromatic nitrogens is 1. The van der Waals surface area contributed by atoms with Crippen LogP contribution < -0.4 is 4.90 Å². The summed E-state index contributed by atoms with van der Waals surface area (Å²) in [4.78, 5) is 18.2. The van der Waals surface area contributed by atoms with Crippen LogP contribution in [0.25, 0.3) is 0 Å². The molecule has 0 radical (unpaired) electrons. The molecule has 3 nitrogen and oxygen atoms in total. The second-order valence-corrected chi connectivity index (χ2v) is 6.06. The van der Waals surface area contributed by atoms with E-state index in [-0.39, 0.29) is 11.6 Å². The van der Waals surface area contributed by atoms with Crippen molar-refractivity contribution in [2.45, 2.75) is 13.3 Å². The van der Waals surface area contributed by atoms with Crippen molar-refractivity contribution in [1.82, 2.24) is 4.98 Å². The van der Waals surface area contributed by atoms with E-state index in [1.807, 2.05) is 67.4 Å². The third kappa shape index (κ3) is 4.10. The van der Waals surface area contributed by atoms with Crippen molar-refractivity contribution >= 4 is 17.2 Å². The van der Waals surface area contributed by atoms with Crippen LogP contribution in [0.2, 0.25) is 0 Å². The molecule has 0 fully saturated rings. The molecule has 0 saturated carbocycles. The van der Waals surface area contributed by atoms with E-state index in [1.54, 1.807) is 6.20 Å². The first kappa shape index (κ1) is 16.8. The molecule has 0 aliphatic heterocycles. The minimum Gasteiger partial charge on any atom is -0.343 e. The third-order valence-electron chi connectivity index (χ3n) is 4.08. The quantitative estimate of drug-likeness (QED) is 0.633. The fourth-order valence-electron chi connectivity index (χ4n) is 2.71. The smallest absolute Gasteiger partial charge is 0.167 e. The number of hydrogen-bond acceptors (Lipinski definition) is 3. The number of aryl methyl sites for hydroxylation is 1. The third-order valence-corrected chi connectivity index (χ3v) is 4.08. The first-order valence-electron chi connectivity index (χ1n) is 8.06. The minimum atomic E-state index is -0.380. The van der Waals surface area contributed by atoms with Gasteiger partial charge in [-0.3, -0.25) is 9.78 Å². The fourth-order valence-corrected chi connectivity index (χ4v) is 2.71. The maximum absolute atomic E-state index is 13.4. The Bertz CT molecular complexity index is 908. The predicted octanol–water partition coefficient (Wildman–Crippen LogP) is 4.72. The summed E-state index contributed by atoms with van der Waals surface area (Å²) in [6.45, 7) is 1.97. The van der Waals surface area contributed by atoms with Crippen LogP contribution in [0.3, 0.4) is 0 Å². The molecule has 25 heavy (non-hydrogen) atoms. The van der Waals surface area contributed by atoms with E-state index in [9.17, 15) is 9.18 Å². The molecule has 0 bridgehead atoms. The molecule has 0 spiro atoms. The highest BCUT2D eigenvalue weighted by atomic mass is 19.1. The zero-order valence-electron chi connectivity index (χ0n) is 14.2. The van der Waals surface area contributed by atoms with Gasteiger partial charge in [-0.15, -0.1) is 0 Å². The highest BCUT2D eigenvalue weighted by molar-refractivity contribution is 5.97. The molecule has 1 heterocycles. The topological polar surface area (TPSA) is 33.2 Å². The van der Waals surface area contributed by atoms with Crippen LogP contribution in [0.1, 0.15) is 21.5 Å². The summed E-state index contributed by atoms with van der Waals surface area (Å²) in [5, 5.41) is 0. The number of rotatable bonds is 5. The number of hydrogen-bond donors (Lipinski definition) is 0. The Balaban J connectivity index is 1.80. The molecule has 1 aromatic heterocycles. The van der Waals surface area contributed by atoms with Crippen LogP contribution in [0, 0.1) is 12.7 Å². The van der Waals surface area contributed by atoms with Gasteiger partial charge in [-0.05, 0) is 30.7 Å². The molecule has 126 valence electrons. The lowest BCUT2D eigenvalue weighted by atomic mass is 10.0. The maximum Gasteiger partial charge on any atom is 0.167 e. The van der Waals surface area contributed by atoms with Crippen molar-refractivity contribution in [2.24, 2.45) is 0 Å². The molecule has 0 amide bonds. The number of halogens is 1. The summed E-state index contributed by atoms with van der Waals surface area (Å²) in [7, 11) is 1.85. The van der Waals surface area contributed by atoms with E-state index in [0.717, 1.165) is 16.8 Å². The Morgan fingerprint density at radius 3 is 2.60 bits per heavy atom. The lowest BCUT2D eigenvalue weighted by Crippen LogP contribution is -2.11. The number of Topliss-reactive ketones (excluding diaryl/α,β-unsaturated/α-hetero) is 1. The van der Waals surface area contributed by atoms with E-state index >= 15 is 0 Å². The molecule has 0 aliphatic carbocycles. The van der Waals surface area contributed by atoms with Gasteiger partial charge in [0, 0.05) is 30.8 Å². The van der Waals surface area contributed by atoms with Gasteiger partial charge >= 0.3 is 0 Å². The summed E-state index contributed by atoms with van der Waals surface area (Å²) < 4.78 is 13.4. The first-order chi connectivity index (χ1) is 12.0. The van der Waals surface area contributed by atoms with E-state index in [4.69, 9.17) is 0 Å². The number of carbonyl (C=O) groups excluding carboxylic acids is 1. The Labute approximate surface area is 146 Å². The Hall–Kier alpha value is -3.01. The van der Waals surface area contributed by atoms with Gasteiger partial charge in [0.05, 0.1) is 18.1 Å². The molecule has 4 heteroatoms. The van der Waals surface area contributed by atoms with Crippen LogP contribution >= 0.6 is 0 Å². The molecule has 0 aliphatic rings. The molecule has 0 atom stereocenters. The standard InChI is InChI=1S/C21H19FN2O/c1-15-5-3-7-17(9-15)21(25)11-16-6-4-8-19(10-16)24(2)20-12-18(22)13-23-14-20/h3-10,12-14H,11H2,1-2H3. The highest BCUT2D eigenvalue weighted by Crippen LogP contribution is 2.24. The van der Waals surface area contributed by atoms with Gasteiger partial charge in [0.15, 0.2) is 5.78 Å². The maximum atomic E-state index is 13.4. The monoisotopic (exact) mass is 334 g/mol. The van der Waals surface area contributed by atoms with Gasteiger partial charge in [0.25, 0.3) is 0 Å². The molecular formula is C21H19FN2O. The summed E-state index contributed by atoms with van der Waals surface area (Å²) >= 11 is 0. The number of nitrogens with zero attached hydrogens (tertiary/aromatic N) is 2. The number of benzene rings is 2. The Morgan fingerprint density at radius 2 is 1.84 bits per heavy atom. The van der Waals surface area contributed by atoms with Gasteiger partial charge < -0.3 is 4.90 Å². The Kier molecular flexibility index (Phi) is 4.89. The lowest BCUT2D eigenvalue weighted by Gasteiger charge is -2.19. The number of anilines is 2. The van der Waals surface area contributed by atoms with E-state index in [2.05, 4.69) is 4.98 Å². The first-order valence-corrected chi connectivity index (χ1v) is 8.06. The van der Waals surface area contributed by atoms with Crippen molar-refractivity contribution < 1.29 is 9.18 Å². The lowest BCUT2D eigenvalue weighted by molar-refractivity contribution is 0.0993. The van der Waals surface area contributed by atoms with E-state index in [1.165, 1.54) is 12.3 Å². The van der Waals surface area contributed by atoms with Crippen LogP contribution in [0.4, 0.5) is 15.8 Å². The number of ketones is 1. The molecule has 2 aromatic carbocycles. The summed E-state index contributed by atoms with van der Waals surface area (Å²) in [5.41, 5.74) is 4.23. The summed E-state index contributed by atoms with van der Waals surface area (Å²) in [6.07, 6.45) is 3.11. The largest absolute Gasteiger partial charge is 0.343 e. The summed E-state index contributed by atoms with van der Waals surface area (Å²) in [6, 6.07) is 16.7. The second kappa shape index (κ2) is 7.26. The van der Waals surface area contributed by atoms with Crippen LogP contribution in [0.5, 0.6) is 0 Å². The van der Waals surface area contributed by atoms with Crippen molar-refractivity contribution in [3.05, 3.63) is 89.5 Å². The molecule has 3 rings (SSSR count). The van der Waals surface area contributed by atoms with Crippen molar-refractivity contribution in [3.8, 4) is 0 Å². The molecule has 0 saturated heterocycles. The van der Waals surface area contributed by atoms with Crippen molar-refractivity contribution in [1.29, 1.82) is 0 Å². The molecular weight excluding hydrogens is 315 g/mol. The summed E-state index contributed by atoms with van der Waals surface area (Å²) in [5.74, 6) is -0.300. The average molecular weight is 334 g/mol. The van der Waals surface area contributed by atoms with E-state index < -0.39 is 0 Å². The zero-order chi connectivity index (χ0) is 17.8. The minimum absolute atomic E-state index is 0.0796. The Morgan fingerprint density at radius 1 is 1.04 bits per heavy atom. The van der Waals surface area contributed by atoms with Gasteiger partial charge in [0.2, 0.25) is 0 Å². The number of carbonyl (C=O) groups is 1. The van der Waals surface area contributed by atoms with Gasteiger partial charge in [-0.1, -0.05) is 35.9 Å². The van der Waals surface area contributed by atoms with Crippen LogP contribution in [-0.2, 0) is 6.42 Å². The van der Waals surface area contributed by atoms with Gasteiger partial charge in [-0.2, -0.15) is 0 Å². The molecule has 0 N–H and O–H groups in total. The van der Waals surface area contributed by atoms with Gasteiger partial charge in [0.1, 0.15) is 5.82 Å². The molecule has 3 aromatic rings. The van der Waals surface area contributed by atoms with Crippen molar-refractivity contribution in [3.63, 3.8) is 0 Å². The number of pyridine rings is 1.